The van der Waals surface area contributed by atoms with Crippen LogP contribution in [0.1, 0.15) is 19.3 Å². The molecular formula is C14H21N3O. The number of anilines is 1. The van der Waals surface area contributed by atoms with E-state index in [9.17, 15) is 4.79 Å². The fraction of sp³-hybridized carbons (Fsp3) is 0.500. The SMILES string of the molecule is NCCC1CCCN(C(=O)Nc2ccccc2)C1. The minimum atomic E-state index is 0.00271. The summed E-state index contributed by atoms with van der Waals surface area (Å²) in [4.78, 5) is 14.0. The van der Waals surface area contributed by atoms with Gasteiger partial charge >= 0.3 is 6.03 Å². The van der Waals surface area contributed by atoms with E-state index < -0.39 is 0 Å². The standard InChI is InChI=1S/C14H21N3O/c15-9-8-12-5-4-10-17(11-12)14(18)16-13-6-2-1-3-7-13/h1-3,6-7,12H,4-5,8-11,15H2,(H,16,18). The van der Waals surface area contributed by atoms with Gasteiger partial charge in [-0.25, -0.2) is 4.79 Å². The first kappa shape index (κ1) is 12.9. The number of likely N-dealkylation sites (tertiary alicyclic amines) is 1. The zero-order valence-corrected chi connectivity index (χ0v) is 10.6. The van der Waals surface area contributed by atoms with Crippen molar-refractivity contribution in [3.8, 4) is 0 Å². The summed E-state index contributed by atoms with van der Waals surface area (Å²) < 4.78 is 0. The molecule has 0 radical (unpaired) electrons. The summed E-state index contributed by atoms with van der Waals surface area (Å²) >= 11 is 0. The molecule has 0 spiro atoms. The van der Waals surface area contributed by atoms with E-state index in [0.717, 1.165) is 31.6 Å². The van der Waals surface area contributed by atoms with Crippen molar-refractivity contribution in [1.82, 2.24) is 4.90 Å². The lowest BCUT2D eigenvalue weighted by Gasteiger charge is -2.32. The lowest BCUT2D eigenvalue weighted by molar-refractivity contribution is 0.175. The minimum absolute atomic E-state index is 0.00271. The van der Waals surface area contributed by atoms with E-state index in [1.165, 1.54) is 6.42 Å². The van der Waals surface area contributed by atoms with Crippen LogP contribution >= 0.6 is 0 Å². The molecule has 0 aromatic heterocycles. The van der Waals surface area contributed by atoms with E-state index >= 15 is 0 Å². The van der Waals surface area contributed by atoms with E-state index in [0.29, 0.717) is 12.5 Å². The Balaban J connectivity index is 1.88. The van der Waals surface area contributed by atoms with Crippen molar-refractivity contribution in [2.45, 2.75) is 19.3 Å². The van der Waals surface area contributed by atoms with Gasteiger partial charge in [0.25, 0.3) is 0 Å². The number of carbonyl (C=O) groups is 1. The molecule has 2 amide bonds. The second-order valence-electron chi connectivity index (χ2n) is 4.83. The molecule has 1 heterocycles. The number of benzene rings is 1. The number of hydrogen-bond donors (Lipinski definition) is 2. The van der Waals surface area contributed by atoms with Gasteiger partial charge in [-0.05, 0) is 43.9 Å². The van der Waals surface area contributed by atoms with Crippen LogP contribution in [0.2, 0.25) is 0 Å². The lowest BCUT2D eigenvalue weighted by Crippen LogP contribution is -2.42. The van der Waals surface area contributed by atoms with Crippen LogP contribution in [-0.2, 0) is 0 Å². The van der Waals surface area contributed by atoms with Crippen LogP contribution in [-0.4, -0.2) is 30.6 Å². The summed E-state index contributed by atoms with van der Waals surface area (Å²) in [6.07, 6.45) is 3.27. The molecule has 1 aliphatic rings. The first-order chi connectivity index (χ1) is 8.79. The Morgan fingerprint density at radius 2 is 2.17 bits per heavy atom. The molecule has 2 rings (SSSR count). The third kappa shape index (κ3) is 3.47. The average Bonchev–Trinajstić information content (AvgIpc) is 2.40. The van der Waals surface area contributed by atoms with E-state index in [4.69, 9.17) is 5.73 Å². The highest BCUT2D eigenvalue weighted by Gasteiger charge is 2.22. The number of para-hydroxylation sites is 1. The Hall–Kier alpha value is -1.55. The van der Waals surface area contributed by atoms with Crippen molar-refractivity contribution in [1.29, 1.82) is 0 Å². The van der Waals surface area contributed by atoms with Crippen LogP contribution < -0.4 is 11.1 Å². The maximum absolute atomic E-state index is 12.1. The van der Waals surface area contributed by atoms with Crippen molar-refractivity contribution < 1.29 is 4.79 Å². The van der Waals surface area contributed by atoms with E-state index in [2.05, 4.69) is 5.32 Å². The number of nitrogens with two attached hydrogens (primary N) is 1. The van der Waals surface area contributed by atoms with Crippen LogP contribution in [0.3, 0.4) is 0 Å². The first-order valence-electron chi connectivity index (χ1n) is 6.60. The van der Waals surface area contributed by atoms with Crippen molar-refractivity contribution >= 4 is 11.7 Å². The van der Waals surface area contributed by atoms with Gasteiger partial charge in [0.1, 0.15) is 0 Å². The van der Waals surface area contributed by atoms with Gasteiger partial charge in [-0.2, -0.15) is 0 Å². The number of rotatable bonds is 3. The predicted molar refractivity (Wildman–Crippen MR) is 73.4 cm³/mol. The lowest BCUT2D eigenvalue weighted by atomic mass is 9.95. The van der Waals surface area contributed by atoms with Crippen molar-refractivity contribution in [2.75, 3.05) is 25.0 Å². The normalized spacial score (nSPS) is 19.6. The second kappa shape index (κ2) is 6.40. The molecule has 1 aromatic rings. The topological polar surface area (TPSA) is 58.4 Å². The number of carbonyl (C=O) groups excluding carboxylic acids is 1. The number of amides is 2. The third-order valence-corrected chi connectivity index (χ3v) is 3.41. The summed E-state index contributed by atoms with van der Waals surface area (Å²) in [7, 11) is 0. The van der Waals surface area contributed by atoms with Gasteiger partial charge in [0.05, 0.1) is 0 Å². The van der Waals surface area contributed by atoms with Crippen LogP contribution in [0, 0.1) is 5.92 Å². The quantitative estimate of drug-likeness (QED) is 0.861. The summed E-state index contributed by atoms with van der Waals surface area (Å²) in [6.45, 7) is 2.38. The van der Waals surface area contributed by atoms with Crippen LogP contribution in [0.4, 0.5) is 10.5 Å². The maximum Gasteiger partial charge on any atom is 0.321 e. The summed E-state index contributed by atoms with van der Waals surface area (Å²) in [6, 6.07) is 9.58. The molecule has 4 heteroatoms. The predicted octanol–water partition coefficient (Wildman–Crippen LogP) is 2.28. The monoisotopic (exact) mass is 247 g/mol. The molecule has 18 heavy (non-hydrogen) atoms. The van der Waals surface area contributed by atoms with Crippen molar-refractivity contribution in [3.05, 3.63) is 30.3 Å². The molecule has 98 valence electrons. The maximum atomic E-state index is 12.1. The van der Waals surface area contributed by atoms with E-state index in [1.807, 2.05) is 35.2 Å². The fourth-order valence-corrected chi connectivity index (χ4v) is 2.44. The number of piperidine rings is 1. The summed E-state index contributed by atoms with van der Waals surface area (Å²) in [5.74, 6) is 0.560. The molecule has 0 saturated carbocycles. The highest BCUT2D eigenvalue weighted by molar-refractivity contribution is 5.89. The van der Waals surface area contributed by atoms with Crippen molar-refractivity contribution in [3.63, 3.8) is 0 Å². The zero-order valence-electron chi connectivity index (χ0n) is 10.6. The van der Waals surface area contributed by atoms with Gasteiger partial charge in [-0.3, -0.25) is 0 Å². The molecule has 1 aromatic carbocycles. The molecule has 4 nitrogen and oxygen atoms in total. The summed E-state index contributed by atoms with van der Waals surface area (Å²) in [5.41, 5.74) is 6.44. The third-order valence-electron chi connectivity index (χ3n) is 3.41. The Morgan fingerprint density at radius 3 is 2.89 bits per heavy atom. The molecule has 0 bridgehead atoms. The van der Waals surface area contributed by atoms with Gasteiger partial charge in [-0.1, -0.05) is 18.2 Å². The average molecular weight is 247 g/mol. The Labute approximate surface area is 108 Å². The molecule has 1 atom stereocenters. The van der Waals surface area contributed by atoms with Gasteiger partial charge in [0, 0.05) is 18.8 Å². The van der Waals surface area contributed by atoms with Gasteiger partial charge in [0.2, 0.25) is 0 Å². The highest BCUT2D eigenvalue weighted by Crippen LogP contribution is 2.19. The first-order valence-corrected chi connectivity index (χ1v) is 6.60. The number of urea groups is 1. The highest BCUT2D eigenvalue weighted by atomic mass is 16.2. The molecule has 3 N–H and O–H groups in total. The number of hydrogen-bond acceptors (Lipinski definition) is 2. The number of nitrogens with zero attached hydrogens (tertiary/aromatic N) is 1. The van der Waals surface area contributed by atoms with Crippen LogP contribution in [0.5, 0.6) is 0 Å². The Morgan fingerprint density at radius 1 is 1.39 bits per heavy atom. The van der Waals surface area contributed by atoms with Crippen molar-refractivity contribution in [2.24, 2.45) is 11.7 Å². The van der Waals surface area contributed by atoms with E-state index in [-0.39, 0.29) is 6.03 Å². The zero-order chi connectivity index (χ0) is 12.8. The van der Waals surface area contributed by atoms with Gasteiger partial charge < -0.3 is 16.0 Å². The largest absolute Gasteiger partial charge is 0.330 e. The molecule has 1 fully saturated rings. The fourth-order valence-electron chi connectivity index (χ4n) is 2.44. The molecule has 1 unspecified atom stereocenters. The Bertz CT molecular complexity index is 378. The number of nitrogens with one attached hydrogen (secondary N) is 1. The molecule has 0 aliphatic carbocycles. The van der Waals surface area contributed by atoms with Gasteiger partial charge in [0.15, 0.2) is 0 Å². The molecule has 1 saturated heterocycles. The van der Waals surface area contributed by atoms with Crippen LogP contribution in [0.25, 0.3) is 0 Å². The summed E-state index contributed by atoms with van der Waals surface area (Å²) in [5, 5.41) is 2.93. The van der Waals surface area contributed by atoms with Crippen LogP contribution in [0.15, 0.2) is 30.3 Å². The Kier molecular flexibility index (Phi) is 4.59. The molecular weight excluding hydrogens is 226 g/mol. The smallest absolute Gasteiger partial charge is 0.321 e. The molecule has 1 aliphatic heterocycles. The minimum Gasteiger partial charge on any atom is -0.330 e. The van der Waals surface area contributed by atoms with E-state index in [1.54, 1.807) is 0 Å². The van der Waals surface area contributed by atoms with Gasteiger partial charge in [-0.15, -0.1) is 0 Å². The second-order valence-corrected chi connectivity index (χ2v) is 4.83.